The smallest absolute Gasteiger partial charge is 0.273 e. The van der Waals surface area contributed by atoms with E-state index in [1.165, 1.54) is 0 Å². The van der Waals surface area contributed by atoms with Crippen LogP contribution < -0.4 is 0 Å². The van der Waals surface area contributed by atoms with Crippen molar-refractivity contribution in [2.45, 2.75) is 0 Å². The van der Waals surface area contributed by atoms with Gasteiger partial charge in [0.05, 0.1) is 21.9 Å². The van der Waals surface area contributed by atoms with Gasteiger partial charge in [-0.1, -0.05) is 15.9 Å². The first-order valence-corrected chi connectivity index (χ1v) is 5.15. The summed E-state index contributed by atoms with van der Waals surface area (Å²) in [6.45, 7) is 0. The summed E-state index contributed by atoms with van der Waals surface area (Å²) < 4.78 is 13.4. The molecule has 84 valence electrons. The number of non-ortho nitro benzene ring substituents is 1. The average molecular weight is 290 g/mol. The van der Waals surface area contributed by atoms with Crippen molar-refractivity contribution >= 4 is 33.7 Å². The van der Waals surface area contributed by atoms with Crippen molar-refractivity contribution in [1.29, 1.82) is 0 Å². The predicted molar refractivity (Wildman–Crippen MR) is 56.6 cm³/mol. The van der Waals surface area contributed by atoms with Crippen LogP contribution >= 0.6 is 15.9 Å². The Hall–Kier alpha value is -1.63. The number of hydrogen-bond donors (Lipinski definition) is 0. The molecule has 0 aliphatic heterocycles. The van der Waals surface area contributed by atoms with Gasteiger partial charge >= 0.3 is 0 Å². The number of halogens is 2. The highest BCUT2D eigenvalue weighted by Crippen LogP contribution is 2.21. The van der Waals surface area contributed by atoms with Crippen LogP contribution in [-0.4, -0.2) is 22.3 Å². The molecule has 7 heteroatoms. The van der Waals surface area contributed by atoms with Gasteiger partial charge in [0.2, 0.25) is 0 Å². The van der Waals surface area contributed by atoms with Crippen molar-refractivity contribution in [3.8, 4) is 0 Å². The van der Waals surface area contributed by atoms with Crippen molar-refractivity contribution in [1.82, 2.24) is 0 Å². The first-order valence-electron chi connectivity index (χ1n) is 4.03. The number of Topliss-reactive ketones (excluding diaryl/α,β-unsaturated/α-hetero) is 1. The number of carbonyl (C=O) groups excluding carboxylic acids is 2. The van der Waals surface area contributed by atoms with Gasteiger partial charge in [-0.25, -0.2) is 4.39 Å². The lowest BCUT2D eigenvalue weighted by molar-refractivity contribution is -0.385. The third kappa shape index (κ3) is 2.30. The summed E-state index contributed by atoms with van der Waals surface area (Å²) in [6, 6.07) is 1.48. The highest BCUT2D eigenvalue weighted by atomic mass is 79.9. The Labute approximate surface area is 97.5 Å². The van der Waals surface area contributed by atoms with Crippen LogP contribution in [0.1, 0.15) is 20.7 Å². The second-order valence-electron chi connectivity index (χ2n) is 2.82. The molecule has 0 aliphatic rings. The molecule has 1 rings (SSSR count). The minimum atomic E-state index is -1.07. The molecule has 0 N–H and O–H groups in total. The molecule has 0 fully saturated rings. The number of alkyl halides is 1. The number of rotatable bonds is 4. The molecule has 5 nitrogen and oxygen atoms in total. The van der Waals surface area contributed by atoms with Crippen LogP contribution in [0.25, 0.3) is 0 Å². The first-order chi connectivity index (χ1) is 7.51. The third-order valence-electron chi connectivity index (χ3n) is 1.84. The van der Waals surface area contributed by atoms with Gasteiger partial charge in [0.1, 0.15) is 5.82 Å². The molecule has 0 spiro atoms. The molecule has 0 bridgehead atoms. The van der Waals surface area contributed by atoms with E-state index < -0.39 is 27.8 Å². The lowest BCUT2D eigenvalue weighted by Crippen LogP contribution is -2.08. The lowest BCUT2D eigenvalue weighted by atomic mass is 10.0. The summed E-state index contributed by atoms with van der Waals surface area (Å²) in [5.74, 6) is -1.71. The summed E-state index contributed by atoms with van der Waals surface area (Å²) in [4.78, 5) is 31.5. The SMILES string of the molecule is O=Cc1cc([N+](=O)[O-])cc(F)c1C(=O)CBr. The molecule has 1 aromatic rings. The Morgan fingerprint density at radius 2 is 2.19 bits per heavy atom. The number of aldehydes is 1. The molecule has 0 heterocycles. The maximum Gasteiger partial charge on any atom is 0.273 e. The summed E-state index contributed by atoms with van der Waals surface area (Å²) in [7, 11) is 0. The summed E-state index contributed by atoms with van der Waals surface area (Å²) in [5, 5.41) is 10.2. The minimum Gasteiger partial charge on any atom is -0.298 e. The number of nitro benzene ring substituents is 1. The summed E-state index contributed by atoms with van der Waals surface area (Å²) in [5.41, 5.74) is -1.32. The van der Waals surface area contributed by atoms with Gasteiger partial charge in [0.15, 0.2) is 12.1 Å². The molecule has 0 saturated carbocycles. The van der Waals surface area contributed by atoms with Crippen LogP contribution in [0.5, 0.6) is 0 Å². The zero-order valence-corrected chi connectivity index (χ0v) is 9.36. The average Bonchev–Trinajstić information content (AvgIpc) is 2.26. The van der Waals surface area contributed by atoms with Crippen LogP contribution in [0, 0.1) is 15.9 Å². The maximum atomic E-state index is 13.4. The largest absolute Gasteiger partial charge is 0.298 e. The van der Waals surface area contributed by atoms with E-state index in [0.717, 1.165) is 6.07 Å². The fourth-order valence-corrected chi connectivity index (χ4v) is 1.45. The standard InChI is InChI=1S/C9H5BrFNO4/c10-3-8(14)9-5(4-13)1-6(12(15)16)2-7(9)11/h1-2,4H,3H2. The van der Waals surface area contributed by atoms with E-state index in [0.29, 0.717) is 6.07 Å². The molecule has 1 aromatic carbocycles. The quantitative estimate of drug-likeness (QED) is 0.280. The Bertz CT molecular complexity index is 475. The zero-order chi connectivity index (χ0) is 12.3. The van der Waals surface area contributed by atoms with Gasteiger partial charge < -0.3 is 0 Å². The fraction of sp³-hybridized carbons (Fsp3) is 0.111. The van der Waals surface area contributed by atoms with Gasteiger partial charge in [-0.15, -0.1) is 0 Å². The number of nitrogens with zero attached hydrogens (tertiary/aromatic N) is 1. The third-order valence-corrected chi connectivity index (χ3v) is 2.35. The Balaban J connectivity index is 3.45. The Kier molecular flexibility index (Phi) is 3.83. The molecule has 0 unspecified atom stereocenters. The van der Waals surface area contributed by atoms with Crippen molar-refractivity contribution in [2.24, 2.45) is 0 Å². The molecule has 0 atom stereocenters. The minimum absolute atomic E-state index is 0.164. The van der Waals surface area contributed by atoms with Crippen molar-refractivity contribution < 1.29 is 18.9 Å². The highest BCUT2D eigenvalue weighted by molar-refractivity contribution is 9.09. The normalized spacial score (nSPS) is 9.88. The molecule has 0 saturated heterocycles. The van der Waals surface area contributed by atoms with Crippen LogP contribution in [0.15, 0.2) is 12.1 Å². The number of hydrogen-bond acceptors (Lipinski definition) is 4. The Morgan fingerprint density at radius 3 is 2.62 bits per heavy atom. The highest BCUT2D eigenvalue weighted by Gasteiger charge is 2.20. The van der Waals surface area contributed by atoms with Gasteiger partial charge in [-0.3, -0.25) is 19.7 Å². The van der Waals surface area contributed by atoms with Gasteiger partial charge in [0, 0.05) is 11.6 Å². The second kappa shape index (κ2) is 4.93. The van der Waals surface area contributed by atoms with E-state index >= 15 is 0 Å². The number of benzene rings is 1. The van der Waals surface area contributed by atoms with Crippen LogP contribution in [0.2, 0.25) is 0 Å². The van der Waals surface area contributed by atoms with E-state index in [-0.39, 0.29) is 17.2 Å². The fourth-order valence-electron chi connectivity index (χ4n) is 1.17. The molecule has 0 aliphatic carbocycles. The lowest BCUT2D eigenvalue weighted by Gasteiger charge is -2.03. The molecular weight excluding hydrogens is 285 g/mol. The number of carbonyl (C=O) groups is 2. The monoisotopic (exact) mass is 289 g/mol. The van der Waals surface area contributed by atoms with Crippen molar-refractivity contribution in [3.63, 3.8) is 0 Å². The molecule has 0 aromatic heterocycles. The Morgan fingerprint density at radius 1 is 1.56 bits per heavy atom. The van der Waals surface area contributed by atoms with E-state index in [9.17, 15) is 24.1 Å². The predicted octanol–water partition coefficient (Wildman–Crippen LogP) is 2.12. The van der Waals surface area contributed by atoms with Crippen LogP contribution in [0.3, 0.4) is 0 Å². The molecule has 0 radical (unpaired) electrons. The summed E-state index contributed by atoms with van der Waals surface area (Å²) in [6.07, 6.45) is 0.214. The van der Waals surface area contributed by atoms with Crippen molar-refractivity contribution in [2.75, 3.05) is 5.33 Å². The van der Waals surface area contributed by atoms with Crippen molar-refractivity contribution in [3.05, 3.63) is 39.2 Å². The van der Waals surface area contributed by atoms with Gasteiger partial charge in [-0.05, 0) is 0 Å². The van der Waals surface area contributed by atoms with E-state index in [1.54, 1.807) is 0 Å². The molecule has 16 heavy (non-hydrogen) atoms. The molecule has 0 amide bonds. The maximum absolute atomic E-state index is 13.4. The number of ketones is 1. The summed E-state index contributed by atoms with van der Waals surface area (Å²) >= 11 is 2.83. The zero-order valence-electron chi connectivity index (χ0n) is 7.78. The molecular formula is C9H5BrFNO4. The van der Waals surface area contributed by atoms with E-state index in [1.807, 2.05) is 0 Å². The first kappa shape index (κ1) is 12.4. The van der Waals surface area contributed by atoms with E-state index in [2.05, 4.69) is 15.9 Å². The van der Waals surface area contributed by atoms with Gasteiger partial charge in [-0.2, -0.15) is 0 Å². The second-order valence-corrected chi connectivity index (χ2v) is 3.38. The topological polar surface area (TPSA) is 77.3 Å². The van der Waals surface area contributed by atoms with E-state index in [4.69, 9.17) is 0 Å². The van der Waals surface area contributed by atoms with Crippen LogP contribution in [0.4, 0.5) is 10.1 Å². The van der Waals surface area contributed by atoms with Gasteiger partial charge in [0.25, 0.3) is 5.69 Å². The van der Waals surface area contributed by atoms with Crippen LogP contribution in [-0.2, 0) is 0 Å². The number of nitro groups is 1.